The molecule has 0 aromatic rings. The summed E-state index contributed by atoms with van der Waals surface area (Å²) >= 11 is 0. The van der Waals surface area contributed by atoms with Gasteiger partial charge < -0.3 is 15.0 Å². The van der Waals surface area contributed by atoms with Crippen molar-refractivity contribution in [2.75, 3.05) is 6.61 Å². The molecule has 118 valence electrons. The summed E-state index contributed by atoms with van der Waals surface area (Å²) in [4.78, 5) is 36.7. The van der Waals surface area contributed by atoms with E-state index in [4.69, 9.17) is 15.0 Å². The van der Waals surface area contributed by atoms with Gasteiger partial charge in [0.15, 0.2) is 0 Å². The summed E-state index contributed by atoms with van der Waals surface area (Å²) in [5, 5.41) is 0. The first-order chi connectivity index (χ1) is 9.92. The van der Waals surface area contributed by atoms with Crippen molar-refractivity contribution in [2.24, 2.45) is 0 Å². The van der Waals surface area contributed by atoms with Crippen LogP contribution in [0, 0.1) is 0 Å². The number of ketones is 1. The SMILES string of the molecule is CCCCCCC(=O)C(=[N+]=[N-])C(COC(C)=O)OC(C)=O. The van der Waals surface area contributed by atoms with Gasteiger partial charge in [0.2, 0.25) is 11.9 Å². The number of ether oxygens (including phenoxy) is 2. The number of Topliss-reactive ketones (excluding diaryl/α,β-unsaturated/α-hetero) is 1. The van der Waals surface area contributed by atoms with Crippen molar-refractivity contribution in [3.05, 3.63) is 5.53 Å². The molecule has 7 heteroatoms. The summed E-state index contributed by atoms with van der Waals surface area (Å²) in [6.07, 6.45) is 2.61. The number of rotatable bonds is 10. The topological polar surface area (TPSA) is 106 Å². The lowest BCUT2D eigenvalue weighted by molar-refractivity contribution is -0.155. The normalized spacial score (nSPS) is 11.2. The van der Waals surface area contributed by atoms with Gasteiger partial charge in [-0.05, 0) is 6.42 Å². The summed E-state index contributed by atoms with van der Waals surface area (Å²) in [5.74, 6) is -1.67. The van der Waals surface area contributed by atoms with Crippen molar-refractivity contribution < 1.29 is 28.6 Å². The Morgan fingerprint density at radius 2 is 1.76 bits per heavy atom. The third-order valence-electron chi connectivity index (χ3n) is 2.70. The Morgan fingerprint density at radius 3 is 2.24 bits per heavy atom. The molecule has 0 saturated carbocycles. The third kappa shape index (κ3) is 8.70. The van der Waals surface area contributed by atoms with E-state index in [0.717, 1.165) is 26.2 Å². The van der Waals surface area contributed by atoms with Crippen LogP contribution in [0.3, 0.4) is 0 Å². The Bertz CT molecular complexity index is 427. The Hall–Kier alpha value is -2.01. The lowest BCUT2D eigenvalue weighted by atomic mass is 10.0. The van der Waals surface area contributed by atoms with E-state index in [-0.39, 0.29) is 18.7 Å². The fourth-order valence-corrected chi connectivity index (χ4v) is 1.70. The van der Waals surface area contributed by atoms with E-state index >= 15 is 0 Å². The number of hydrogen-bond acceptors (Lipinski definition) is 5. The maximum atomic E-state index is 12.0. The van der Waals surface area contributed by atoms with Crippen molar-refractivity contribution in [1.82, 2.24) is 0 Å². The molecule has 1 atom stereocenters. The molecule has 0 radical (unpaired) electrons. The van der Waals surface area contributed by atoms with Crippen LogP contribution in [-0.4, -0.2) is 40.9 Å². The zero-order chi connectivity index (χ0) is 16.3. The number of carbonyl (C=O) groups is 3. The van der Waals surface area contributed by atoms with Crippen LogP contribution in [0.25, 0.3) is 5.53 Å². The lowest BCUT2D eigenvalue weighted by Gasteiger charge is -2.12. The van der Waals surface area contributed by atoms with Gasteiger partial charge in [-0.15, -0.1) is 0 Å². The van der Waals surface area contributed by atoms with Gasteiger partial charge in [0, 0.05) is 20.3 Å². The quantitative estimate of drug-likeness (QED) is 0.200. The first-order valence-electron chi connectivity index (χ1n) is 6.98. The van der Waals surface area contributed by atoms with Gasteiger partial charge in [-0.3, -0.25) is 14.4 Å². The second kappa shape index (κ2) is 10.7. The molecule has 0 rings (SSSR count). The molecule has 0 bridgehead atoms. The minimum Gasteiger partial charge on any atom is -0.461 e. The van der Waals surface area contributed by atoms with E-state index in [1.807, 2.05) is 0 Å². The number of hydrogen-bond donors (Lipinski definition) is 0. The van der Waals surface area contributed by atoms with Crippen LogP contribution in [0.5, 0.6) is 0 Å². The van der Waals surface area contributed by atoms with Crippen molar-refractivity contribution in [2.45, 2.75) is 59.0 Å². The van der Waals surface area contributed by atoms with Crippen LogP contribution >= 0.6 is 0 Å². The fraction of sp³-hybridized carbons (Fsp3) is 0.714. The molecule has 0 amide bonds. The minimum atomic E-state index is -1.19. The first kappa shape index (κ1) is 19.0. The average molecular weight is 298 g/mol. The molecule has 0 aromatic carbocycles. The Morgan fingerprint density at radius 1 is 1.10 bits per heavy atom. The van der Waals surface area contributed by atoms with Gasteiger partial charge in [-0.25, -0.2) is 0 Å². The fourth-order valence-electron chi connectivity index (χ4n) is 1.70. The van der Waals surface area contributed by atoms with E-state index in [0.29, 0.717) is 6.42 Å². The molecule has 21 heavy (non-hydrogen) atoms. The van der Waals surface area contributed by atoms with Crippen molar-refractivity contribution >= 4 is 23.4 Å². The number of esters is 2. The Balaban J connectivity index is 4.71. The van der Waals surface area contributed by atoms with E-state index < -0.39 is 23.8 Å². The highest BCUT2D eigenvalue weighted by Gasteiger charge is 2.34. The molecule has 0 aromatic heterocycles. The smallest absolute Gasteiger partial charge is 0.378 e. The third-order valence-corrected chi connectivity index (χ3v) is 2.70. The van der Waals surface area contributed by atoms with Crippen LogP contribution in [-0.2, 0) is 23.9 Å². The van der Waals surface area contributed by atoms with Crippen LogP contribution in [0.1, 0.15) is 52.9 Å². The highest BCUT2D eigenvalue weighted by molar-refractivity contribution is 6.39. The average Bonchev–Trinajstić information content (AvgIpc) is 2.41. The monoisotopic (exact) mass is 298 g/mol. The zero-order valence-corrected chi connectivity index (χ0v) is 12.8. The molecule has 0 aliphatic heterocycles. The summed E-state index contributed by atoms with van der Waals surface area (Å²) in [7, 11) is 0. The highest BCUT2D eigenvalue weighted by Crippen LogP contribution is 2.06. The molecule has 7 nitrogen and oxygen atoms in total. The standard InChI is InChI=1S/C14H22N2O5/c1-4-5-6-7-8-12(19)14(16-15)13(21-11(3)18)9-20-10(2)17/h13H,4-9H2,1-3H3. The van der Waals surface area contributed by atoms with Crippen molar-refractivity contribution in [3.8, 4) is 0 Å². The van der Waals surface area contributed by atoms with Crippen LogP contribution in [0.2, 0.25) is 0 Å². The second-order valence-corrected chi connectivity index (χ2v) is 4.62. The lowest BCUT2D eigenvalue weighted by Crippen LogP contribution is -2.37. The highest BCUT2D eigenvalue weighted by atomic mass is 16.6. The zero-order valence-electron chi connectivity index (χ0n) is 12.8. The van der Waals surface area contributed by atoms with Gasteiger partial charge in [0.25, 0.3) is 0 Å². The second-order valence-electron chi connectivity index (χ2n) is 4.62. The van der Waals surface area contributed by atoms with Crippen LogP contribution in [0.15, 0.2) is 0 Å². The van der Waals surface area contributed by atoms with Gasteiger partial charge in [0.05, 0.1) is 0 Å². The van der Waals surface area contributed by atoms with Crippen LogP contribution < -0.4 is 0 Å². The summed E-state index contributed by atoms with van der Waals surface area (Å²) < 4.78 is 9.60. The molecule has 0 spiro atoms. The Labute approximate surface area is 124 Å². The van der Waals surface area contributed by atoms with E-state index in [2.05, 4.69) is 11.7 Å². The van der Waals surface area contributed by atoms with E-state index in [1.54, 1.807) is 0 Å². The molecule has 0 aliphatic rings. The summed E-state index contributed by atoms with van der Waals surface area (Å²) in [5.41, 5.74) is 8.68. The maximum absolute atomic E-state index is 12.0. The summed E-state index contributed by atoms with van der Waals surface area (Å²) in [6, 6.07) is 0. The minimum absolute atomic E-state index is 0.192. The molecular formula is C14H22N2O5. The maximum Gasteiger partial charge on any atom is 0.378 e. The number of nitrogens with zero attached hydrogens (tertiary/aromatic N) is 2. The summed E-state index contributed by atoms with van der Waals surface area (Å²) in [6.45, 7) is 4.04. The van der Waals surface area contributed by atoms with Crippen LogP contribution in [0.4, 0.5) is 0 Å². The van der Waals surface area contributed by atoms with Gasteiger partial charge in [0.1, 0.15) is 6.61 Å². The van der Waals surface area contributed by atoms with Gasteiger partial charge in [-0.1, -0.05) is 26.2 Å². The van der Waals surface area contributed by atoms with Gasteiger partial charge in [-0.2, -0.15) is 4.79 Å². The van der Waals surface area contributed by atoms with Crippen molar-refractivity contribution in [1.29, 1.82) is 0 Å². The van der Waals surface area contributed by atoms with Crippen molar-refractivity contribution in [3.63, 3.8) is 0 Å². The predicted molar refractivity (Wildman–Crippen MR) is 74.6 cm³/mol. The number of unbranched alkanes of at least 4 members (excludes halogenated alkanes) is 3. The molecule has 0 fully saturated rings. The molecular weight excluding hydrogens is 276 g/mol. The largest absolute Gasteiger partial charge is 0.461 e. The van der Waals surface area contributed by atoms with E-state index in [9.17, 15) is 14.4 Å². The predicted octanol–water partition coefficient (Wildman–Crippen LogP) is 1.69. The molecule has 0 aliphatic carbocycles. The number of carbonyl (C=O) groups excluding carboxylic acids is 3. The van der Waals surface area contributed by atoms with Gasteiger partial charge >= 0.3 is 17.7 Å². The molecule has 0 saturated heterocycles. The molecule has 1 unspecified atom stereocenters. The van der Waals surface area contributed by atoms with E-state index in [1.165, 1.54) is 6.92 Å². The Kier molecular flexibility index (Phi) is 9.71. The molecule has 0 N–H and O–H groups in total. The molecule has 0 heterocycles. The first-order valence-corrected chi connectivity index (χ1v) is 6.98.